The quantitative estimate of drug-likeness (QED) is 0.598. The van der Waals surface area contributed by atoms with Crippen molar-refractivity contribution in [1.29, 1.82) is 0 Å². The summed E-state index contributed by atoms with van der Waals surface area (Å²) in [7, 11) is 1.59. The maximum Gasteiger partial charge on any atom is 0.254 e. The maximum absolute atomic E-state index is 12.4. The lowest BCUT2D eigenvalue weighted by Gasteiger charge is -2.28. The third-order valence-corrected chi connectivity index (χ3v) is 4.98. The van der Waals surface area contributed by atoms with Gasteiger partial charge in [0, 0.05) is 29.9 Å². The molecule has 6 heteroatoms. The van der Waals surface area contributed by atoms with E-state index in [9.17, 15) is 9.90 Å². The molecule has 2 N–H and O–H groups in total. The number of aromatic hydroxyl groups is 1. The molecule has 0 fully saturated rings. The topological polar surface area (TPSA) is 75.1 Å². The predicted molar refractivity (Wildman–Crippen MR) is 112 cm³/mol. The molecule has 1 aromatic carbocycles. The molecular weight excluding hydrogens is 358 g/mol. The number of aromatic nitrogens is 2. The molecule has 1 heterocycles. The zero-order valence-corrected chi connectivity index (χ0v) is 18.2. The molecule has 0 bridgehead atoms. The monoisotopic (exact) mass is 387 g/mol. The van der Waals surface area contributed by atoms with E-state index in [1.807, 2.05) is 18.4 Å². The molecule has 2 aromatic rings. The van der Waals surface area contributed by atoms with E-state index in [1.54, 1.807) is 13.2 Å². The highest BCUT2D eigenvalue weighted by atomic mass is 32.2. The average Bonchev–Trinajstić information content (AvgIpc) is 2.58. The Labute approximate surface area is 166 Å². The van der Waals surface area contributed by atoms with Gasteiger partial charge in [0.25, 0.3) is 5.91 Å². The molecule has 0 saturated heterocycles. The largest absolute Gasteiger partial charge is 0.507 e. The van der Waals surface area contributed by atoms with Crippen LogP contribution in [0.3, 0.4) is 0 Å². The van der Waals surface area contributed by atoms with Gasteiger partial charge in [-0.3, -0.25) is 4.79 Å². The molecule has 146 valence electrons. The van der Waals surface area contributed by atoms with Crippen LogP contribution in [0.15, 0.2) is 23.5 Å². The van der Waals surface area contributed by atoms with Crippen LogP contribution in [0, 0.1) is 0 Å². The normalized spacial score (nSPS) is 12.1. The van der Waals surface area contributed by atoms with Crippen molar-refractivity contribution >= 4 is 17.7 Å². The second-order valence-corrected chi connectivity index (χ2v) is 9.39. The van der Waals surface area contributed by atoms with Crippen LogP contribution >= 0.6 is 11.8 Å². The van der Waals surface area contributed by atoms with Crippen LogP contribution in [0.1, 0.15) is 63.0 Å². The molecule has 27 heavy (non-hydrogen) atoms. The maximum atomic E-state index is 12.4. The van der Waals surface area contributed by atoms with Gasteiger partial charge in [0.15, 0.2) is 5.16 Å². The second-order valence-electron chi connectivity index (χ2n) is 8.62. The molecule has 0 spiro atoms. The van der Waals surface area contributed by atoms with Crippen LogP contribution in [-0.4, -0.2) is 34.3 Å². The molecule has 0 aliphatic rings. The molecule has 2 rings (SSSR count). The van der Waals surface area contributed by atoms with Crippen LogP contribution in [0.4, 0.5) is 0 Å². The van der Waals surface area contributed by atoms with Gasteiger partial charge in [0.1, 0.15) is 5.75 Å². The molecular formula is C21H29N3O2S. The molecule has 1 amide bonds. The number of thioether (sulfide) groups is 1. The summed E-state index contributed by atoms with van der Waals surface area (Å²) in [4.78, 5) is 21.3. The van der Waals surface area contributed by atoms with E-state index in [0.717, 1.165) is 16.7 Å². The van der Waals surface area contributed by atoms with Gasteiger partial charge in [-0.2, -0.15) is 0 Å². The number of benzene rings is 1. The van der Waals surface area contributed by atoms with Crippen LogP contribution in [0.2, 0.25) is 0 Å². The summed E-state index contributed by atoms with van der Waals surface area (Å²) >= 11 is 1.42. The van der Waals surface area contributed by atoms with Gasteiger partial charge in [-0.1, -0.05) is 53.3 Å². The summed E-state index contributed by atoms with van der Waals surface area (Å²) in [6, 6.07) is 3.87. The number of phenols is 1. The first kappa shape index (κ1) is 21.2. The fraction of sp³-hybridized carbons (Fsp3) is 0.476. The highest BCUT2D eigenvalue weighted by molar-refractivity contribution is 7.98. The summed E-state index contributed by atoms with van der Waals surface area (Å²) in [5.41, 5.74) is 2.93. The molecule has 0 unspecified atom stereocenters. The van der Waals surface area contributed by atoms with E-state index in [1.165, 1.54) is 11.8 Å². The second kappa shape index (κ2) is 7.50. The number of hydrogen-bond donors (Lipinski definition) is 2. The van der Waals surface area contributed by atoms with Crippen molar-refractivity contribution in [3.8, 4) is 17.0 Å². The van der Waals surface area contributed by atoms with Gasteiger partial charge >= 0.3 is 0 Å². The molecule has 0 saturated carbocycles. The lowest BCUT2D eigenvalue weighted by atomic mass is 9.78. The third-order valence-electron chi connectivity index (χ3n) is 4.42. The van der Waals surface area contributed by atoms with Crippen molar-refractivity contribution in [1.82, 2.24) is 15.3 Å². The summed E-state index contributed by atoms with van der Waals surface area (Å²) in [6.45, 7) is 12.4. The first-order valence-corrected chi connectivity index (χ1v) is 10.1. The van der Waals surface area contributed by atoms with Gasteiger partial charge in [-0.05, 0) is 29.2 Å². The minimum absolute atomic E-state index is 0.236. The van der Waals surface area contributed by atoms with E-state index >= 15 is 0 Å². The number of carbonyl (C=O) groups excluding carboxylic acids is 1. The van der Waals surface area contributed by atoms with Gasteiger partial charge in [0.05, 0.1) is 11.3 Å². The molecule has 0 aliphatic heterocycles. The van der Waals surface area contributed by atoms with Gasteiger partial charge in [0.2, 0.25) is 0 Å². The number of nitrogens with one attached hydrogen (secondary N) is 1. The molecule has 0 aliphatic carbocycles. The number of hydrogen-bond acceptors (Lipinski definition) is 5. The Morgan fingerprint density at radius 1 is 1.07 bits per heavy atom. The van der Waals surface area contributed by atoms with Crippen LogP contribution < -0.4 is 5.32 Å². The number of phenolic OH excluding ortho intramolecular Hbond substituents is 1. The number of rotatable bonds is 3. The van der Waals surface area contributed by atoms with Crippen molar-refractivity contribution in [3.05, 3.63) is 35.0 Å². The summed E-state index contributed by atoms with van der Waals surface area (Å²) in [5.74, 6) is 0.0692. The summed E-state index contributed by atoms with van der Waals surface area (Å²) < 4.78 is 0. The van der Waals surface area contributed by atoms with Crippen molar-refractivity contribution in [2.45, 2.75) is 57.5 Å². The minimum atomic E-state index is -0.261. The van der Waals surface area contributed by atoms with Gasteiger partial charge in [-0.15, -0.1) is 0 Å². The Balaban J connectivity index is 2.88. The molecule has 0 atom stereocenters. The Bertz CT molecular complexity index is 830. The highest BCUT2D eigenvalue weighted by Gasteiger charge is 2.28. The Morgan fingerprint density at radius 2 is 1.59 bits per heavy atom. The number of carbonyl (C=O) groups is 1. The third kappa shape index (κ3) is 4.43. The zero-order chi connectivity index (χ0) is 20.6. The Kier molecular flexibility index (Phi) is 5.90. The standard InChI is InChI=1S/C21H29N3O2S/c1-20(2,3)14-9-12(10-15(17(14)25)21(4,5)6)16-13(18(26)22-7)11-23-19(24-16)27-8/h9-11,25H,1-8H3,(H,22,26). The van der Waals surface area contributed by atoms with Gasteiger partial charge in [-0.25, -0.2) is 9.97 Å². The van der Waals surface area contributed by atoms with Crippen molar-refractivity contribution in [2.75, 3.05) is 13.3 Å². The lowest BCUT2D eigenvalue weighted by molar-refractivity contribution is 0.0963. The van der Waals surface area contributed by atoms with E-state index in [0.29, 0.717) is 22.2 Å². The average molecular weight is 388 g/mol. The van der Waals surface area contributed by atoms with Crippen molar-refractivity contribution in [3.63, 3.8) is 0 Å². The van der Waals surface area contributed by atoms with Crippen molar-refractivity contribution < 1.29 is 9.90 Å². The molecule has 0 radical (unpaired) electrons. The predicted octanol–water partition coefficient (Wildman–Crippen LogP) is 4.53. The van der Waals surface area contributed by atoms with Crippen molar-refractivity contribution in [2.24, 2.45) is 0 Å². The first-order chi connectivity index (χ1) is 12.4. The Morgan fingerprint density at radius 3 is 2.00 bits per heavy atom. The zero-order valence-electron chi connectivity index (χ0n) is 17.4. The smallest absolute Gasteiger partial charge is 0.254 e. The molecule has 1 aromatic heterocycles. The number of amides is 1. The van der Waals surface area contributed by atoms with E-state index in [4.69, 9.17) is 0 Å². The van der Waals surface area contributed by atoms with Crippen LogP contribution in [0.5, 0.6) is 5.75 Å². The fourth-order valence-electron chi connectivity index (χ4n) is 2.90. The lowest BCUT2D eigenvalue weighted by Crippen LogP contribution is -2.21. The van der Waals surface area contributed by atoms with E-state index in [-0.39, 0.29) is 16.7 Å². The highest BCUT2D eigenvalue weighted by Crippen LogP contribution is 2.42. The van der Waals surface area contributed by atoms with Crippen LogP contribution in [-0.2, 0) is 10.8 Å². The Hall–Kier alpha value is -2.08. The molecule has 5 nitrogen and oxygen atoms in total. The summed E-state index contributed by atoms with van der Waals surface area (Å²) in [5, 5.41) is 14.2. The van der Waals surface area contributed by atoms with Gasteiger partial charge < -0.3 is 10.4 Å². The minimum Gasteiger partial charge on any atom is -0.507 e. The van der Waals surface area contributed by atoms with E-state index in [2.05, 4.69) is 56.8 Å². The number of nitrogens with zero attached hydrogens (tertiary/aromatic N) is 2. The van der Waals surface area contributed by atoms with E-state index < -0.39 is 0 Å². The SMILES string of the molecule is CNC(=O)c1cnc(SC)nc1-c1cc(C(C)(C)C)c(O)c(C(C)(C)C)c1. The summed E-state index contributed by atoms with van der Waals surface area (Å²) in [6.07, 6.45) is 3.46. The first-order valence-electron chi connectivity index (χ1n) is 8.91. The van der Waals surface area contributed by atoms with Crippen LogP contribution in [0.25, 0.3) is 11.3 Å². The fourth-order valence-corrected chi connectivity index (χ4v) is 3.24.